The van der Waals surface area contributed by atoms with Crippen LogP contribution in [0.3, 0.4) is 0 Å². The van der Waals surface area contributed by atoms with Crippen molar-refractivity contribution < 1.29 is 9.90 Å². The molecule has 0 amide bonds. The lowest BCUT2D eigenvalue weighted by molar-refractivity contribution is -0.137. The van der Waals surface area contributed by atoms with Crippen molar-refractivity contribution in [2.24, 2.45) is 0 Å². The van der Waals surface area contributed by atoms with Gasteiger partial charge in [-0.05, 0) is 326 Å². The molecule has 67 heavy (non-hydrogen) atoms. The number of carboxylic acids is 1. The van der Waals surface area contributed by atoms with E-state index in [4.69, 9.17) is 0 Å². The number of carbonyl (C=O) groups is 1. The Labute approximate surface area is 363 Å². The van der Waals surface area contributed by atoms with Crippen LogP contribution in [0.25, 0.3) is 291 Å². The van der Waals surface area contributed by atoms with Crippen LogP contribution in [0, 0.1) is 0 Å². The Bertz CT molecular complexity index is 6820. The minimum absolute atomic E-state index is 0.128. The third-order valence-electron chi connectivity index (χ3n) is 24.1. The molecule has 2 N–H and O–H groups in total. The van der Waals surface area contributed by atoms with E-state index < -0.39 is 11.5 Å². The van der Waals surface area contributed by atoms with E-state index in [1.807, 2.05) is 0 Å². The lowest BCUT2D eigenvalue weighted by Gasteiger charge is -2.46. The molecule has 0 bridgehead atoms. The molecule has 0 saturated carbocycles. The molecule has 32 rings (SSSR count). The predicted molar refractivity (Wildman–Crippen MR) is 280 cm³/mol. The molecule has 0 atom stereocenters. The zero-order valence-corrected chi connectivity index (χ0v) is 34.1. The lowest BCUT2D eigenvalue weighted by atomic mass is 9.62. The summed E-state index contributed by atoms with van der Waals surface area (Å²) >= 11 is 0. The molecule has 0 unspecified atom stereocenters. The van der Waals surface area contributed by atoms with Gasteiger partial charge in [-0.25, -0.2) is 0 Å². The average molecular weight is 824 g/mol. The first-order valence-corrected chi connectivity index (χ1v) is 25.0. The van der Waals surface area contributed by atoms with E-state index in [-0.39, 0.29) is 12.3 Å². The first-order chi connectivity index (χ1) is 33.3. The third kappa shape index (κ3) is 1.35. The van der Waals surface area contributed by atoms with Crippen LogP contribution in [0.15, 0.2) is 0 Å². The Morgan fingerprint density at radius 1 is 0.299 bits per heavy atom. The van der Waals surface area contributed by atoms with Gasteiger partial charge in [0.15, 0.2) is 0 Å². The summed E-state index contributed by atoms with van der Waals surface area (Å²) in [6.45, 7) is 0.681. The lowest BCUT2D eigenvalue weighted by Crippen LogP contribution is -2.49. The van der Waals surface area contributed by atoms with Crippen LogP contribution >= 0.6 is 0 Å². The number of hydrogen-bond donors (Lipinski definition) is 2. The summed E-state index contributed by atoms with van der Waals surface area (Å²) in [7, 11) is 0. The van der Waals surface area contributed by atoms with Crippen molar-refractivity contribution in [3.63, 3.8) is 0 Å². The summed E-state index contributed by atoms with van der Waals surface area (Å²) in [5.41, 5.74) is 5.95. The highest BCUT2D eigenvalue weighted by molar-refractivity contribution is 6.82. The Morgan fingerprint density at radius 2 is 0.478 bits per heavy atom. The van der Waals surface area contributed by atoms with Gasteiger partial charge in [0.25, 0.3) is 0 Å². The molecule has 282 valence electrons. The van der Waals surface area contributed by atoms with Gasteiger partial charge in [0.1, 0.15) is 0 Å². The molecule has 0 saturated heterocycles. The fraction of sp³-hybridized carbons (Fsp3) is 0.0781. The van der Waals surface area contributed by atoms with Crippen LogP contribution in [0.4, 0.5) is 0 Å². The Kier molecular flexibility index (Phi) is 2.11. The van der Waals surface area contributed by atoms with Crippen molar-refractivity contribution in [2.75, 3.05) is 6.54 Å². The van der Waals surface area contributed by atoms with E-state index in [1.54, 1.807) is 313 Å². The highest BCUT2D eigenvalue weighted by Gasteiger charge is 2.63. The van der Waals surface area contributed by atoms with Gasteiger partial charge in [0.2, 0.25) is 0 Å². The average Bonchev–Trinajstić information content (AvgIpc) is 4.17. The van der Waals surface area contributed by atoms with Crippen LogP contribution in [-0.2, 0) is 10.3 Å². The van der Waals surface area contributed by atoms with Crippen molar-refractivity contribution in [3.8, 4) is 0 Å². The van der Waals surface area contributed by atoms with E-state index in [1.165, 1.54) is 0 Å². The van der Waals surface area contributed by atoms with Crippen molar-refractivity contribution in [1.29, 1.82) is 0 Å². The fourth-order valence-electron chi connectivity index (χ4n) is 24.0. The van der Waals surface area contributed by atoms with Crippen molar-refractivity contribution in [2.45, 2.75) is 24.3 Å². The van der Waals surface area contributed by atoms with Gasteiger partial charge in [0, 0.05) is 12.3 Å². The Balaban J connectivity index is 1.19. The van der Waals surface area contributed by atoms with Gasteiger partial charge < -0.3 is 10.4 Å². The second kappa shape index (κ2) is 5.66. The molecule has 0 fully saturated rings. The molecule has 28 aromatic carbocycles. The third-order valence-corrected chi connectivity index (χ3v) is 24.1. The maximum absolute atomic E-state index is 12.4. The van der Waals surface area contributed by atoms with Crippen molar-refractivity contribution in [1.82, 2.24) is 5.32 Å². The van der Waals surface area contributed by atoms with E-state index in [2.05, 4.69) is 5.32 Å². The van der Waals surface area contributed by atoms with Crippen LogP contribution in [0.5, 0.6) is 0 Å². The highest BCUT2D eigenvalue weighted by Crippen LogP contribution is 2.83. The smallest absolute Gasteiger partial charge is 0.303 e. The number of benzene rings is 18. The van der Waals surface area contributed by atoms with Crippen LogP contribution in [0.1, 0.15) is 41.0 Å². The minimum atomic E-state index is -0.694. The van der Waals surface area contributed by atoms with Crippen LogP contribution < -0.4 is 5.32 Å². The summed E-state index contributed by atoms with van der Waals surface area (Å²) in [6, 6.07) is 0. The van der Waals surface area contributed by atoms with E-state index >= 15 is 0 Å². The molecule has 0 heterocycles. The fourth-order valence-corrected chi connectivity index (χ4v) is 24.0. The summed E-state index contributed by atoms with van der Waals surface area (Å²) in [4.78, 5) is 12.4. The van der Waals surface area contributed by atoms with Gasteiger partial charge in [0.05, 0.1) is 5.54 Å². The quantitative estimate of drug-likeness (QED) is 0.134. The first kappa shape index (κ1) is 25.0. The number of aliphatic carboxylic acids is 1. The molecular weight excluding hydrogens is 815 g/mol. The molecule has 0 radical (unpaired) electrons. The Hall–Kier alpha value is -8.11. The molecule has 0 aromatic heterocycles. The molecule has 4 aliphatic carbocycles. The van der Waals surface area contributed by atoms with Crippen molar-refractivity contribution in [3.05, 3.63) is 22.3 Å². The number of nitrogens with one attached hydrogen (secondary N) is 1. The molecule has 0 spiro atoms. The van der Waals surface area contributed by atoms with Gasteiger partial charge in [-0.15, -0.1) is 0 Å². The SMILES string of the molecule is O=C(O)CCCNC12c3c4c5c6c7c8c(c9c%10c1c1c3c3c%11c4c4c5c5c7c7c%12c8c8c9c9c%10c%10c1c1c3c3c%11c%11c4c4c5c7c5c7c%12c8c8c9c9c%10c1c1c3c3c%11c4c5c4c7c8c9c1c34)C62. The molecule has 28 aromatic rings. The second-order valence-electron chi connectivity index (χ2n) is 24.5. The Morgan fingerprint density at radius 3 is 0.701 bits per heavy atom. The van der Waals surface area contributed by atoms with Crippen LogP contribution in [-0.4, -0.2) is 17.6 Å². The topological polar surface area (TPSA) is 49.3 Å². The van der Waals surface area contributed by atoms with E-state index in [9.17, 15) is 9.90 Å². The van der Waals surface area contributed by atoms with Crippen molar-refractivity contribution >= 4 is 297 Å². The van der Waals surface area contributed by atoms with Gasteiger partial charge in [-0.3, -0.25) is 4.79 Å². The monoisotopic (exact) mass is 823 g/mol. The maximum atomic E-state index is 12.4. The number of hydrogen-bond acceptors (Lipinski definition) is 2. The second-order valence-corrected chi connectivity index (χ2v) is 24.5. The summed E-state index contributed by atoms with van der Waals surface area (Å²) in [5, 5.41) is 102. The molecule has 0 aliphatic heterocycles. The number of carboxylic acid groups (broad SMARTS) is 1. The first-order valence-electron chi connectivity index (χ1n) is 25.0. The molecule has 3 nitrogen and oxygen atoms in total. The summed E-state index contributed by atoms with van der Waals surface area (Å²) in [5.74, 6) is -0.567. The highest BCUT2D eigenvalue weighted by atomic mass is 16.4. The molecular formula is C64H9NO2. The van der Waals surface area contributed by atoms with E-state index in [0.717, 1.165) is 0 Å². The summed E-state index contributed by atoms with van der Waals surface area (Å²) in [6.07, 6.45) is 0.805. The van der Waals surface area contributed by atoms with Crippen LogP contribution in [0.2, 0.25) is 0 Å². The molecule has 4 aliphatic rings. The van der Waals surface area contributed by atoms with Gasteiger partial charge in [-0.1, -0.05) is 0 Å². The standard InChI is InChI=1S/C64H9NO2/c66-4(67)2-1-3-65-64-61-57-51-37-29-21-9-6-5-7-10(9)22-24-20-14(7)16-12-8(5)11-15-13(6)19-23(21)35(37)43-41-27(19)25(15)33-31-17(11)18(12)32-34-26(16)28(20)42-44-36(24)38(30(22)29)52(51)58(61)54(44)56-48(42)46(34)50-40(32)39(31)49-45(33)47(41)55(53(43)57)62(64)59(49)60(50)63(56)64/h61,65H,1-3H2,(H,66,67). The normalized spacial score (nSPS) is 21.1. The zero-order chi connectivity index (χ0) is 40.0. The zero-order valence-electron chi connectivity index (χ0n) is 34.1. The van der Waals surface area contributed by atoms with Gasteiger partial charge in [-0.2, -0.15) is 0 Å². The predicted octanol–water partition coefficient (Wildman–Crippen LogP) is 16.6. The summed E-state index contributed by atoms with van der Waals surface area (Å²) < 4.78 is 0. The van der Waals surface area contributed by atoms with E-state index in [0.29, 0.717) is 13.0 Å². The maximum Gasteiger partial charge on any atom is 0.303 e. The number of rotatable bonds is 5. The largest absolute Gasteiger partial charge is 0.481 e. The molecule has 3 heteroatoms. The van der Waals surface area contributed by atoms with Gasteiger partial charge >= 0.3 is 5.97 Å². The minimum Gasteiger partial charge on any atom is -0.481 e.